The fourth-order valence-corrected chi connectivity index (χ4v) is 5.26. The van der Waals surface area contributed by atoms with Gasteiger partial charge in [0.15, 0.2) is 23.0 Å². The molecule has 0 spiro atoms. The average molecular weight is 718 g/mol. The molecule has 2 N–H and O–H groups in total. The third-order valence-corrected chi connectivity index (χ3v) is 7.47. The van der Waals surface area contributed by atoms with Gasteiger partial charge in [-0.15, -0.1) is 0 Å². The largest absolute Gasteiger partial charge is 0.493 e. The fraction of sp³-hybridized carbons (Fsp3) is 0.118. The Bertz CT molecular complexity index is 1920. The number of rotatable bonds is 10. The average Bonchev–Trinajstić information content (AvgIpc) is 3.44. The standard InChI is InChI=1S/C34H28IN3O7/c1-4-43-29-17-21(13-15-27(29)45-34(41)23-14-16-26(44-20(2)39)28(18-23)42-3)19-36-38-33(40)32-30(22-9-6-5-7-10-22)24-11-8-12-25(35)31(24)37-32/h5-19,37H,4H2,1-3H3,(H,38,40). The van der Waals surface area contributed by atoms with Gasteiger partial charge in [-0.25, -0.2) is 10.2 Å². The maximum absolute atomic E-state index is 13.3. The number of aromatic amines is 1. The Morgan fingerprint density at radius 1 is 0.889 bits per heavy atom. The van der Waals surface area contributed by atoms with Gasteiger partial charge in [-0.1, -0.05) is 42.5 Å². The van der Waals surface area contributed by atoms with Gasteiger partial charge in [0.2, 0.25) is 0 Å². The van der Waals surface area contributed by atoms with Crippen LogP contribution in [-0.4, -0.2) is 42.8 Å². The van der Waals surface area contributed by atoms with Crippen molar-refractivity contribution in [3.8, 4) is 34.1 Å². The second-order valence-corrected chi connectivity index (χ2v) is 10.8. The summed E-state index contributed by atoms with van der Waals surface area (Å²) in [6.45, 7) is 3.39. The van der Waals surface area contributed by atoms with E-state index in [1.54, 1.807) is 25.1 Å². The summed E-state index contributed by atoms with van der Waals surface area (Å²) in [6.07, 6.45) is 1.47. The normalized spacial score (nSPS) is 10.9. The number of H-pyrrole nitrogens is 1. The molecule has 0 saturated heterocycles. The van der Waals surface area contributed by atoms with Crippen molar-refractivity contribution in [1.29, 1.82) is 0 Å². The van der Waals surface area contributed by atoms with Gasteiger partial charge >= 0.3 is 11.9 Å². The molecule has 1 amide bonds. The van der Waals surface area contributed by atoms with Crippen molar-refractivity contribution in [2.45, 2.75) is 13.8 Å². The number of hydrogen-bond acceptors (Lipinski definition) is 8. The van der Waals surface area contributed by atoms with Crippen LogP contribution in [0.15, 0.2) is 90.0 Å². The van der Waals surface area contributed by atoms with Gasteiger partial charge in [-0.2, -0.15) is 5.10 Å². The summed E-state index contributed by atoms with van der Waals surface area (Å²) in [6, 6.07) is 24.8. The van der Waals surface area contributed by atoms with E-state index in [4.69, 9.17) is 18.9 Å². The maximum atomic E-state index is 13.3. The summed E-state index contributed by atoms with van der Waals surface area (Å²) in [5, 5.41) is 5.11. The number of carbonyl (C=O) groups is 3. The number of nitrogens with zero attached hydrogens (tertiary/aromatic N) is 1. The Morgan fingerprint density at radius 3 is 2.38 bits per heavy atom. The van der Waals surface area contributed by atoms with Gasteiger partial charge in [-0.05, 0) is 83.1 Å². The Kier molecular flexibility index (Phi) is 9.78. The van der Waals surface area contributed by atoms with Crippen LogP contribution in [0.3, 0.4) is 0 Å². The molecule has 45 heavy (non-hydrogen) atoms. The molecule has 11 heteroatoms. The smallest absolute Gasteiger partial charge is 0.343 e. The Labute approximate surface area is 272 Å². The number of amides is 1. The van der Waals surface area contributed by atoms with Crippen LogP contribution in [0.4, 0.5) is 0 Å². The van der Waals surface area contributed by atoms with Crippen LogP contribution in [0.5, 0.6) is 23.0 Å². The van der Waals surface area contributed by atoms with E-state index in [0.717, 1.165) is 25.6 Å². The topological polar surface area (TPSA) is 128 Å². The van der Waals surface area contributed by atoms with E-state index in [2.05, 4.69) is 38.1 Å². The highest BCUT2D eigenvalue weighted by Gasteiger charge is 2.20. The molecule has 10 nitrogen and oxygen atoms in total. The second kappa shape index (κ2) is 14.1. The zero-order chi connectivity index (χ0) is 31.9. The molecule has 4 aromatic carbocycles. The SMILES string of the molecule is CCOc1cc(C=NNC(=O)c2[nH]c3c(I)cccc3c2-c2ccccc2)ccc1OC(=O)c1ccc(OC(C)=O)c(OC)c1. The van der Waals surface area contributed by atoms with Crippen LogP contribution in [0.25, 0.3) is 22.0 Å². The second-order valence-electron chi connectivity index (χ2n) is 9.59. The lowest BCUT2D eigenvalue weighted by Gasteiger charge is -2.13. The maximum Gasteiger partial charge on any atom is 0.343 e. The molecule has 0 unspecified atom stereocenters. The molecule has 5 aromatic rings. The highest BCUT2D eigenvalue weighted by Crippen LogP contribution is 2.35. The zero-order valence-corrected chi connectivity index (χ0v) is 26.7. The lowest BCUT2D eigenvalue weighted by atomic mass is 10.0. The molecule has 0 radical (unpaired) electrons. The number of esters is 2. The number of aromatic nitrogens is 1. The Hall–Kier alpha value is -5.17. The quantitative estimate of drug-likeness (QED) is 0.0538. The number of para-hydroxylation sites is 1. The van der Waals surface area contributed by atoms with Gasteiger partial charge in [0.1, 0.15) is 5.69 Å². The number of methoxy groups -OCH3 is 1. The molecule has 5 rings (SSSR count). The number of benzene rings is 4. The summed E-state index contributed by atoms with van der Waals surface area (Å²) in [4.78, 5) is 40.9. The van der Waals surface area contributed by atoms with Gasteiger partial charge in [0.05, 0.1) is 31.0 Å². The predicted molar refractivity (Wildman–Crippen MR) is 178 cm³/mol. The predicted octanol–water partition coefficient (Wildman–Crippen LogP) is 6.76. The highest BCUT2D eigenvalue weighted by molar-refractivity contribution is 14.1. The molecule has 0 bridgehead atoms. The number of ether oxygens (including phenoxy) is 4. The molecule has 0 aliphatic rings. The minimum atomic E-state index is -0.667. The van der Waals surface area contributed by atoms with Crippen molar-refractivity contribution in [2.75, 3.05) is 13.7 Å². The summed E-state index contributed by atoms with van der Waals surface area (Å²) in [5.74, 6) is -0.702. The fourth-order valence-electron chi connectivity index (χ4n) is 4.63. The highest BCUT2D eigenvalue weighted by atomic mass is 127. The van der Waals surface area contributed by atoms with E-state index in [0.29, 0.717) is 23.6 Å². The number of nitrogens with one attached hydrogen (secondary N) is 2. The third kappa shape index (κ3) is 7.15. The number of carbonyl (C=O) groups excluding carboxylic acids is 3. The van der Waals surface area contributed by atoms with Crippen molar-refractivity contribution < 1.29 is 33.3 Å². The number of hydrazone groups is 1. The van der Waals surface area contributed by atoms with E-state index in [1.807, 2.05) is 48.5 Å². The van der Waals surface area contributed by atoms with Crippen molar-refractivity contribution in [3.63, 3.8) is 0 Å². The Morgan fingerprint density at radius 2 is 1.64 bits per heavy atom. The zero-order valence-electron chi connectivity index (χ0n) is 24.6. The van der Waals surface area contributed by atoms with Crippen LogP contribution < -0.4 is 24.4 Å². The summed E-state index contributed by atoms with van der Waals surface area (Å²) in [5.41, 5.74) is 6.36. The first kappa shape index (κ1) is 31.3. The van der Waals surface area contributed by atoms with Gasteiger partial charge in [0, 0.05) is 21.4 Å². The first-order valence-electron chi connectivity index (χ1n) is 13.8. The summed E-state index contributed by atoms with van der Waals surface area (Å²) in [7, 11) is 1.40. The minimum Gasteiger partial charge on any atom is -0.493 e. The molecule has 1 aromatic heterocycles. The molecule has 228 valence electrons. The van der Waals surface area contributed by atoms with Gasteiger partial charge in [-0.3, -0.25) is 9.59 Å². The first-order valence-corrected chi connectivity index (χ1v) is 14.9. The van der Waals surface area contributed by atoms with Crippen molar-refractivity contribution >= 4 is 57.6 Å². The van der Waals surface area contributed by atoms with E-state index in [1.165, 1.54) is 38.4 Å². The molecular weight excluding hydrogens is 689 g/mol. The van der Waals surface area contributed by atoms with Crippen LogP contribution >= 0.6 is 22.6 Å². The van der Waals surface area contributed by atoms with Crippen LogP contribution in [0, 0.1) is 3.57 Å². The van der Waals surface area contributed by atoms with Crippen LogP contribution in [-0.2, 0) is 4.79 Å². The van der Waals surface area contributed by atoms with Crippen LogP contribution in [0.1, 0.15) is 40.3 Å². The van der Waals surface area contributed by atoms with E-state index in [9.17, 15) is 14.4 Å². The molecule has 0 fully saturated rings. The lowest BCUT2D eigenvalue weighted by Crippen LogP contribution is -2.19. The number of fused-ring (bicyclic) bond motifs is 1. The lowest BCUT2D eigenvalue weighted by molar-refractivity contribution is -0.132. The van der Waals surface area contributed by atoms with E-state index < -0.39 is 17.8 Å². The van der Waals surface area contributed by atoms with Crippen LogP contribution in [0.2, 0.25) is 0 Å². The third-order valence-electron chi connectivity index (χ3n) is 6.58. The molecule has 1 heterocycles. The molecule has 0 aliphatic carbocycles. The van der Waals surface area contributed by atoms with Crippen molar-refractivity contribution in [2.24, 2.45) is 5.10 Å². The van der Waals surface area contributed by atoms with E-state index >= 15 is 0 Å². The summed E-state index contributed by atoms with van der Waals surface area (Å²) < 4.78 is 22.6. The summed E-state index contributed by atoms with van der Waals surface area (Å²) >= 11 is 2.24. The molecule has 0 atom stereocenters. The van der Waals surface area contributed by atoms with Crippen molar-refractivity contribution in [1.82, 2.24) is 10.4 Å². The Balaban J connectivity index is 1.34. The van der Waals surface area contributed by atoms with Gasteiger partial charge < -0.3 is 23.9 Å². The van der Waals surface area contributed by atoms with E-state index in [-0.39, 0.29) is 22.8 Å². The molecular formula is C34H28IN3O7. The first-order chi connectivity index (χ1) is 21.8. The van der Waals surface area contributed by atoms with Crippen molar-refractivity contribution in [3.05, 3.63) is 105 Å². The van der Waals surface area contributed by atoms with Gasteiger partial charge in [0.25, 0.3) is 5.91 Å². The number of halogens is 1. The molecule has 0 aliphatic heterocycles. The molecule has 0 saturated carbocycles. The number of hydrogen-bond donors (Lipinski definition) is 2. The minimum absolute atomic E-state index is 0.181. The monoisotopic (exact) mass is 717 g/mol.